The maximum absolute atomic E-state index is 11.1. The molecule has 1 aromatic heterocycles. The Morgan fingerprint density at radius 2 is 1.82 bits per heavy atom. The van der Waals surface area contributed by atoms with E-state index in [2.05, 4.69) is 15.6 Å². The standard InChI is InChI=1S/C13H20N4O4S/c18-17(19)12-11(14-7-9-3-1-5-20-9)16-13(22-12)15-8-10-4-2-6-21-10/h9-10,14H,1-8H2,(H,15,16). The molecule has 2 fully saturated rings. The summed E-state index contributed by atoms with van der Waals surface area (Å²) in [4.78, 5) is 15.0. The number of nitrogens with one attached hydrogen (secondary N) is 2. The molecule has 22 heavy (non-hydrogen) atoms. The number of ether oxygens (including phenoxy) is 2. The lowest BCUT2D eigenvalue weighted by atomic mass is 10.2. The van der Waals surface area contributed by atoms with Crippen molar-refractivity contribution in [3.05, 3.63) is 10.1 Å². The second kappa shape index (κ2) is 7.21. The van der Waals surface area contributed by atoms with Crippen LogP contribution in [-0.4, -0.2) is 48.4 Å². The monoisotopic (exact) mass is 328 g/mol. The number of anilines is 2. The van der Waals surface area contributed by atoms with Gasteiger partial charge in [0.25, 0.3) is 0 Å². The van der Waals surface area contributed by atoms with Crippen molar-refractivity contribution < 1.29 is 14.4 Å². The highest BCUT2D eigenvalue weighted by Gasteiger charge is 2.24. The van der Waals surface area contributed by atoms with E-state index in [1.54, 1.807) is 0 Å². The number of rotatable bonds is 7. The molecule has 2 aliphatic heterocycles. The summed E-state index contributed by atoms with van der Waals surface area (Å²) in [6.45, 7) is 2.74. The van der Waals surface area contributed by atoms with Gasteiger partial charge in [-0.15, -0.1) is 0 Å². The van der Waals surface area contributed by atoms with Crippen LogP contribution in [0, 0.1) is 10.1 Å². The number of nitro groups is 1. The van der Waals surface area contributed by atoms with Gasteiger partial charge in [-0.25, -0.2) is 0 Å². The Hall–Kier alpha value is -1.45. The van der Waals surface area contributed by atoms with E-state index in [9.17, 15) is 10.1 Å². The number of nitrogens with zero attached hydrogens (tertiary/aromatic N) is 2. The van der Waals surface area contributed by atoms with Crippen molar-refractivity contribution in [1.29, 1.82) is 0 Å². The van der Waals surface area contributed by atoms with Gasteiger partial charge in [0, 0.05) is 26.3 Å². The van der Waals surface area contributed by atoms with E-state index in [-0.39, 0.29) is 17.2 Å². The summed E-state index contributed by atoms with van der Waals surface area (Å²) in [6.07, 6.45) is 4.40. The third-order valence-electron chi connectivity index (χ3n) is 3.80. The molecule has 2 N–H and O–H groups in total. The molecule has 3 heterocycles. The van der Waals surface area contributed by atoms with E-state index in [1.165, 1.54) is 0 Å². The van der Waals surface area contributed by atoms with Crippen LogP contribution in [0.25, 0.3) is 0 Å². The van der Waals surface area contributed by atoms with Gasteiger partial charge in [-0.3, -0.25) is 10.1 Å². The summed E-state index contributed by atoms with van der Waals surface area (Å²) >= 11 is 1.05. The predicted molar refractivity (Wildman–Crippen MR) is 83.7 cm³/mol. The zero-order valence-corrected chi connectivity index (χ0v) is 13.1. The molecule has 9 heteroatoms. The molecule has 0 aliphatic carbocycles. The molecule has 0 spiro atoms. The Morgan fingerprint density at radius 1 is 1.18 bits per heavy atom. The predicted octanol–water partition coefficient (Wildman–Crippen LogP) is 2.23. The second-order valence-corrected chi connectivity index (χ2v) is 6.44. The van der Waals surface area contributed by atoms with Crippen LogP contribution in [0.2, 0.25) is 0 Å². The third-order valence-corrected chi connectivity index (χ3v) is 4.77. The Labute approximate surface area is 132 Å². The van der Waals surface area contributed by atoms with E-state index in [4.69, 9.17) is 9.47 Å². The molecule has 2 atom stereocenters. The lowest BCUT2D eigenvalue weighted by Gasteiger charge is -2.10. The van der Waals surface area contributed by atoms with Gasteiger partial charge in [0.05, 0.1) is 17.1 Å². The summed E-state index contributed by atoms with van der Waals surface area (Å²) < 4.78 is 11.0. The van der Waals surface area contributed by atoms with Crippen molar-refractivity contribution in [3.8, 4) is 0 Å². The smallest absolute Gasteiger partial charge is 0.369 e. The quantitative estimate of drug-likeness (QED) is 0.585. The maximum atomic E-state index is 11.1. The molecule has 0 radical (unpaired) electrons. The van der Waals surface area contributed by atoms with Crippen LogP contribution in [0.15, 0.2) is 0 Å². The van der Waals surface area contributed by atoms with Crippen molar-refractivity contribution >= 4 is 27.3 Å². The van der Waals surface area contributed by atoms with E-state index in [1.807, 2.05) is 0 Å². The number of hydrogen-bond donors (Lipinski definition) is 2. The Morgan fingerprint density at radius 3 is 2.36 bits per heavy atom. The van der Waals surface area contributed by atoms with Gasteiger partial charge in [-0.1, -0.05) is 0 Å². The van der Waals surface area contributed by atoms with Crippen LogP contribution >= 0.6 is 11.3 Å². The molecule has 0 saturated carbocycles. The molecule has 0 bridgehead atoms. The molecular formula is C13H20N4O4S. The van der Waals surface area contributed by atoms with Crippen LogP contribution in [0.5, 0.6) is 0 Å². The SMILES string of the molecule is O=[N+]([O-])c1sc(NCC2CCCO2)nc1NCC1CCCO1. The second-order valence-electron chi connectivity index (χ2n) is 5.46. The largest absolute Gasteiger partial charge is 0.376 e. The van der Waals surface area contributed by atoms with Crippen LogP contribution in [0.4, 0.5) is 16.0 Å². The molecular weight excluding hydrogens is 308 g/mol. The fourth-order valence-corrected chi connectivity index (χ4v) is 3.41. The number of thiazole rings is 1. The summed E-state index contributed by atoms with van der Waals surface area (Å²) in [5, 5.41) is 17.9. The van der Waals surface area contributed by atoms with E-state index in [0.717, 1.165) is 50.2 Å². The van der Waals surface area contributed by atoms with Crippen molar-refractivity contribution in [2.24, 2.45) is 0 Å². The molecule has 0 amide bonds. The average molecular weight is 328 g/mol. The van der Waals surface area contributed by atoms with Crippen molar-refractivity contribution in [3.63, 3.8) is 0 Å². The minimum Gasteiger partial charge on any atom is -0.376 e. The Bertz CT molecular complexity index is 512. The lowest BCUT2D eigenvalue weighted by molar-refractivity contribution is -0.379. The fourth-order valence-electron chi connectivity index (χ4n) is 2.65. The highest BCUT2D eigenvalue weighted by molar-refractivity contribution is 7.19. The lowest BCUT2D eigenvalue weighted by Crippen LogP contribution is -2.19. The summed E-state index contributed by atoms with van der Waals surface area (Å²) in [6, 6.07) is 0. The van der Waals surface area contributed by atoms with Gasteiger partial charge in [0.1, 0.15) is 0 Å². The topological polar surface area (TPSA) is 98.6 Å². The summed E-state index contributed by atoms with van der Waals surface area (Å²) in [7, 11) is 0. The van der Waals surface area contributed by atoms with Gasteiger partial charge in [0.2, 0.25) is 5.82 Å². The van der Waals surface area contributed by atoms with Crippen molar-refractivity contribution in [2.75, 3.05) is 36.9 Å². The molecule has 2 aliphatic rings. The first-order valence-electron chi connectivity index (χ1n) is 7.58. The zero-order chi connectivity index (χ0) is 15.4. The third kappa shape index (κ3) is 3.84. The van der Waals surface area contributed by atoms with Gasteiger partial charge >= 0.3 is 5.00 Å². The highest BCUT2D eigenvalue weighted by Crippen LogP contribution is 2.34. The summed E-state index contributed by atoms with van der Waals surface area (Å²) in [5.41, 5.74) is 0. The summed E-state index contributed by atoms with van der Waals surface area (Å²) in [5.74, 6) is 0.320. The van der Waals surface area contributed by atoms with Crippen molar-refractivity contribution in [1.82, 2.24) is 4.98 Å². The molecule has 1 aromatic rings. The first-order chi connectivity index (χ1) is 10.7. The highest BCUT2D eigenvalue weighted by atomic mass is 32.1. The molecule has 2 unspecified atom stereocenters. The van der Waals surface area contributed by atoms with Crippen molar-refractivity contribution in [2.45, 2.75) is 37.9 Å². The van der Waals surface area contributed by atoms with E-state index in [0.29, 0.717) is 24.0 Å². The fraction of sp³-hybridized carbons (Fsp3) is 0.769. The Balaban J connectivity index is 1.58. The first-order valence-corrected chi connectivity index (χ1v) is 8.40. The van der Waals surface area contributed by atoms with Gasteiger partial charge < -0.3 is 20.1 Å². The van der Waals surface area contributed by atoms with Crippen LogP contribution in [-0.2, 0) is 9.47 Å². The molecule has 8 nitrogen and oxygen atoms in total. The van der Waals surface area contributed by atoms with Crippen LogP contribution in [0.1, 0.15) is 25.7 Å². The van der Waals surface area contributed by atoms with E-state index < -0.39 is 4.92 Å². The van der Waals surface area contributed by atoms with Crippen LogP contribution < -0.4 is 10.6 Å². The first kappa shape index (κ1) is 15.4. The normalized spacial score (nSPS) is 24.5. The van der Waals surface area contributed by atoms with Gasteiger partial charge in [0.15, 0.2) is 5.13 Å². The number of hydrogen-bond acceptors (Lipinski definition) is 8. The minimum atomic E-state index is -0.396. The Kier molecular flexibility index (Phi) is 5.06. The van der Waals surface area contributed by atoms with Gasteiger partial charge in [-0.2, -0.15) is 4.98 Å². The maximum Gasteiger partial charge on any atom is 0.369 e. The molecule has 0 aromatic carbocycles. The minimum absolute atomic E-state index is 0.0350. The molecule has 3 rings (SSSR count). The average Bonchev–Trinajstić information content (AvgIpc) is 3.23. The van der Waals surface area contributed by atoms with Gasteiger partial charge in [-0.05, 0) is 37.0 Å². The zero-order valence-electron chi connectivity index (χ0n) is 12.2. The molecule has 122 valence electrons. The molecule has 2 saturated heterocycles. The van der Waals surface area contributed by atoms with E-state index >= 15 is 0 Å². The number of aromatic nitrogens is 1. The van der Waals surface area contributed by atoms with Crippen LogP contribution in [0.3, 0.4) is 0 Å².